The first-order valence-corrected chi connectivity index (χ1v) is 7.69. The second-order valence-corrected chi connectivity index (χ2v) is 5.47. The SMILES string of the molecule is N#C/C(=C/c1ccc(-c2ccccc2)cc1)c1cccc([N+](=O)[O-])c1. The van der Waals surface area contributed by atoms with Crippen molar-refractivity contribution in [2.45, 2.75) is 0 Å². The number of hydrogen-bond acceptors (Lipinski definition) is 3. The molecular formula is C21H14N2O2. The first kappa shape index (κ1) is 16.2. The maximum Gasteiger partial charge on any atom is 0.270 e. The Labute approximate surface area is 145 Å². The normalized spacial score (nSPS) is 10.9. The molecule has 25 heavy (non-hydrogen) atoms. The molecule has 0 bridgehead atoms. The molecule has 0 aliphatic carbocycles. The van der Waals surface area contributed by atoms with E-state index >= 15 is 0 Å². The molecule has 0 saturated carbocycles. The molecule has 0 heterocycles. The quantitative estimate of drug-likeness (QED) is 0.282. The van der Waals surface area contributed by atoms with Crippen molar-refractivity contribution in [3.63, 3.8) is 0 Å². The highest BCUT2D eigenvalue weighted by Gasteiger charge is 2.08. The minimum Gasteiger partial charge on any atom is -0.258 e. The van der Waals surface area contributed by atoms with Crippen LogP contribution in [-0.4, -0.2) is 4.92 Å². The van der Waals surface area contributed by atoms with Crippen LogP contribution in [0.5, 0.6) is 0 Å². The molecule has 0 atom stereocenters. The predicted molar refractivity (Wildman–Crippen MR) is 98.5 cm³/mol. The van der Waals surface area contributed by atoms with E-state index in [2.05, 4.69) is 6.07 Å². The molecule has 0 aliphatic heterocycles. The standard InChI is InChI=1S/C21H14N2O2/c22-15-20(19-7-4-8-21(14-19)23(24)25)13-16-9-11-18(12-10-16)17-5-2-1-3-6-17/h1-14H/b20-13-. The van der Waals surface area contributed by atoms with Crippen LogP contribution >= 0.6 is 0 Å². The minimum absolute atomic E-state index is 0.0296. The highest BCUT2D eigenvalue weighted by molar-refractivity contribution is 5.90. The molecule has 0 amide bonds. The summed E-state index contributed by atoms with van der Waals surface area (Å²) in [6.45, 7) is 0. The highest BCUT2D eigenvalue weighted by Crippen LogP contribution is 2.24. The molecule has 0 radical (unpaired) electrons. The summed E-state index contributed by atoms with van der Waals surface area (Å²) in [5, 5.41) is 20.3. The molecular weight excluding hydrogens is 312 g/mol. The van der Waals surface area contributed by atoms with Gasteiger partial charge in [-0.25, -0.2) is 0 Å². The Morgan fingerprint density at radius 3 is 2.24 bits per heavy atom. The van der Waals surface area contributed by atoms with Crippen LogP contribution in [0.25, 0.3) is 22.8 Å². The second-order valence-electron chi connectivity index (χ2n) is 5.47. The van der Waals surface area contributed by atoms with Crippen LogP contribution in [0.4, 0.5) is 5.69 Å². The Kier molecular flexibility index (Phi) is 4.68. The third-order valence-corrected chi connectivity index (χ3v) is 3.82. The minimum atomic E-state index is -0.465. The van der Waals surface area contributed by atoms with E-state index in [4.69, 9.17) is 0 Å². The number of allylic oxidation sites excluding steroid dienone is 1. The molecule has 0 saturated heterocycles. The van der Waals surface area contributed by atoms with Gasteiger partial charge in [0.15, 0.2) is 0 Å². The van der Waals surface area contributed by atoms with Gasteiger partial charge < -0.3 is 0 Å². The topological polar surface area (TPSA) is 66.9 Å². The smallest absolute Gasteiger partial charge is 0.258 e. The van der Waals surface area contributed by atoms with Crippen molar-refractivity contribution >= 4 is 17.3 Å². The number of nitriles is 1. The van der Waals surface area contributed by atoms with Crippen LogP contribution in [0.15, 0.2) is 78.9 Å². The number of nitro groups is 1. The van der Waals surface area contributed by atoms with Gasteiger partial charge in [-0.05, 0) is 28.3 Å². The second kappa shape index (κ2) is 7.24. The van der Waals surface area contributed by atoms with Gasteiger partial charge >= 0.3 is 0 Å². The van der Waals surface area contributed by atoms with Gasteiger partial charge in [0, 0.05) is 12.1 Å². The zero-order valence-corrected chi connectivity index (χ0v) is 13.3. The van der Waals surface area contributed by atoms with Gasteiger partial charge in [0.2, 0.25) is 0 Å². The fraction of sp³-hybridized carbons (Fsp3) is 0. The lowest BCUT2D eigenvalue weighted by atomic mass is 10.0. The molecule has 0 aliphatic rings. The van der Waals surface area contributed by atoms with Crippen molar-refractivity contribution in [3.05, 3.63) is 100 Å². The lowest BCUT2D eigenvalue weighted by Gasteiger charge is -2.03. The number of rotatable bonds is 4. The van der Waals surface area contributed by atoms with E-state index in [1.165, 1.54) is 12.1 Å². The Morgan fingerprint density at radius 1 is 0.920 bits per heavy atom. The van der Waals surface area contributed by atoms with Crippen LogP contribution in [0.3, 0.4) is 0 Å². The Balaban J connectivity index is 1.92. The first-order valence-electron chi connectivity index (χ1n) is 7.69. The van der Waals surface area contributed by atoms with Crippen LogP contribution < -0.4 is 0 Å². The number of non-ortho nitro benzene ring substituents is 1. The zero-order chi connectivity index (χ0) is 17.6. The van der Waals surface area contributed by atoms with E-state index in [1.807, 2.05) is 54.6 Å². The summed E-state index contributed by atoms with van der Waals surface area (Å²) in [4.78, 5) is 10.4. The number of nitro benzene ring substituents is 1. The predicted octanol–water partition coefficient (Wildman–Crippen LogP) is 5.33. The maximum absolute atomic E-state index is 10.9. The third-order valence-electron chi connectivity index (χ3n) is 3.82. The van der Waals surface area contributed by atoms with E-state index < -0.39 is 4.92 Å². The van der Waals surface area contributed by atoms with E-state index in [9.17, 15) is 15.4 Å². The van der Waals surface area contributed by atoms with Crippen LogP contribution in [0.2, 0.25) is 0 Å². The van der Waals surface area contributed by atoms with Crippen molar-refractivity contribution in [2.24, 2.45) is 0 Å². The molecule has 3 aromatic rings. The van der Waals surface area contributed by atoms with Crippen molar-refractivity contribution in [3.8, 4) is 17.2 Å². The van der Waals surface area contributed by atoms with E-state index in [0.29, 0.717) is 11.1 Å². The van der Waals surface area contributed by atoms with Gasteiger partial charge in [-0.15, -0.1) is 0 Å². The largest absolute Gasteiger partial charge is 0.270 e. The first-order chi connectivity index (χ1) is 12.2. The molecule has 120 valence electrons. The van der Waals surface area contributed by atoms with E-state index in [1.54, 1.807) is 18.2 Å². The lowest BCUT2D eigenvalue weighted by Crippen LogP contribution is -1.89. The summed E-state index contributed by atoms with van der Waals surface area (Å²) in [6.07, 6.45) is 1.73. The van der Waals surface area contributed by atoms with Crippen LogP contribution in [0, 0.1) is 21.4 Å². The van der Waals surface area contributed by atoms with E-state index in [0.717, 1.165) is 16.7 Å². The molecule has 4 nitrogen and oxygen atoms in total. The van der Waals surface area contributed by atoms with Crippen LogP contribution in [0.1, 0.15) is 11.1 Å². The van der Waals surface area contributed by atoms with Gasteiger partial charge in [-0.2, -0.15) is 5.26 Å². The highest BCUT2D eigenvalue weighted by atomic mass is 16.6. The molecule has 0 aromatic heterocycles. The molecule has 0 spiro atoms. The molecule has 4 heteroatoms. The molecule has 0 unspecified atom stereocenters. The average Bonchev–Trinajstić information content (AvgIpc) is 2.67. The fourth-order valence-electron chi connectivity index (χ4n) is 2.54. The van der Waals surface area contributed by atoms with Gasteiger partial charge in [-0.1, -0.05) is 66.7 Å². The van der Waals surface area contributed by atoms with Gasteiger partial charge in [-0.3, -0.25) is 10.1 Å². The number of hydrogen-bond donors (Lipinski definition) is 0. The van der Waals surface area contributed by atoms with Crippen molar-refractivity contribution < 1.29 is 4.92 Å². The monoisotopic (exact) mass is 326 g/mol. The number of benzene rings is 3. The summed E-state index contributed by atoms with van der Waals surface area (Å²) in [5.41, 5.74) is 3.96. The average molecular weight is 326 g/mol. The Hall–Kier alpha value is -3.71. The summed E-state index contributed by atoms with van der Waals surface area (Å²) in [5.74, 6) is 0. The summed E-state index contributed by atoms with van der Waals surface area (Å²) >= 11 is 0. The van der Waals surface area contributed by atoms with Crippen molar-refractivity contribution in [1.82, 2.24) is 0 Å². The lowest BCUT2D eigenvalue weighted by molar-refractivity contribution is -0.384. The Bertz CT molecular complexity index is 969. The summed E-state index contributed by atoms with van der Waals surface area (Å²) in [7, 11) is 0. The summed E-state index contributed by atoms with van der Waals surface area (Å²) < 4.78 is 0. The molecule has 3 rings (SSSR count). The zero-order valence-electron chi connectivity index (χ0n) is 13.3. The van der Waals surface area contributed by atoms with Crippen LogP contribution in [-0.2, 0) is 0 Å². The van der Waals surface area contributed by atoms with Crippen molar-refractivity contribution in [1.29, 1.82) is 5.26 Å². The summed E-state index contributed by atoms with van der Waals surface area (Å²) in [6, 6.07) is 26.1. The fourth-order valence-corrected chi connectivity index (χ4v) is 2.54. The van der Waals surface area contributed by atoms with Gasteiger partial charge in [0.25, 0.3) is 5.69 Å². The third kappa shape index (κ3) is 3.80. The van der Waals surface area contributed by atoms with E-state index in [-0.39, 0.29) is 5.69 Å². The molecule has 0 N–H and O–H groups in total. The molecule has 3 aromatic carbocycles. The Morgan fingerprint density at radius 2 is 1.60 bits per heavy atom. The van der Waals surface area contributed by atoms with Gasteiger partial charge in [0.1, 0.15) is 0 Å². The van der Waals surface area contributed by atoms with Crippen molar-refractivity contribution in [2.75, 3.05) is 0 Å². The molecule has 0 fully saturated rings. The maximum atomic E-state index is 10.9. The number of nitrogens with zero attached hydrogens (tertiary/aromatic N) is 2. The van der Waals surface area contributed by atoms with Gasteiger partial charge in [0.05, 0.1) is 16.6 Å².